The topological polar surface area (TPSA) is 26.3 Å². The first-order valence-electron chi connectivity index (χ1n) is 5.04. The van der Waals surface area contributed by atoms with Crippen LogP contribution in [0.25, 0.3) is 0 Å². The van der Waals surface area contributed by atoms with Gasteiger partial charge in [0.2, 0.25) is 0 Å². The van der Waals surface area contributed by atoms with Crippen LogP contribution >= 0.6 is 0 Å². The Bertz CT molecular complexity index is 283. The predicted molar refractivity (Wildman–Crippen MR) is 63.5 cm³/mol. The average molecular weight is 206 g/mol. The van der Waals surface area contributed by atoms with Crippen LogP contribution in [0.5, 0.6) is 0 Å². The maximum atomic E-state index is 11.1. The van der Waals surface area contributed by atoms with Crippen LogP contribution in [0.2, 0.25) is 0 Å². The second-order valence-corrected chi connectivity index (χ2v) is 2.88. The van der Waals surface area contributed by atoms with E-state index in [9.17, 15) is 4.79 Å². The molecule has 0 heterocycles. The number of hydrogen-bond acceptors (Lipinski definition) is 2. The molecule has 0 N–H and O–H groups in total. The van der Waals surface area contributed by atoms with Crippen molar-refractivity contribution >= 4 is 5.97 Å². The minimum atomic E-state index is -0.303. The van der Waals surface area contributed by atoms with Crippen molar-refractivity contribution in [3.05, 3.63) is 48.6 Å². The molecule has 0 fully saturated rings. The lowest BCUT2D eigenvalue weighted by Gasteiger charge is -1.97. The standard InChI is InChI=1S/C13H18O2/c1-4-7-8-12(6-3)9-10-13(14)15-11-5-2/h4,6-10H,1,5,11H2,2-3H3/b8-7-,10-9+,12-6+. The molecule has 0 aliphatic rings. The predicted octanol–water partition coefficient (Wildman–Crippen LogP) is 3.18. The Hall–Kier alpha value is -1.57. The number of carbonyl (C=O) groups excluding carboxylic acids is 1. The van der Waals surface area contributed by atoms with E-state index in [1.807, 2.05) is 32.1 Å². The summed E-state index contributed by atoms with van der Waals surface area (Å²) >= 11 is 0. The van der Waals surface area contributed by atoms with Crippen molar-refractivity contribution in [1.82, 2.24) is 0 Å². The van der Waals surface area contributed by atoms with Crippen LogP contribution < -0.4 is 0 Å². The van der Waals surface area contributed by atoms with Gasteiger partial charge in [0.05, 0.1) is 6.61 Å². The van der Waals surface area contributed by atoms with Gasteiger partial charge in [-0.1, -0.05) is 37.8 Å². The molecule has 0 saturated heterocycles. The molecule has 0 aliphatic heterocycles. The van der Waals surface area contributed by atoms with Crippen molar-refractivity contribution in [3.63, 3.8) is 0 Å². The first kappa shape index (κ1) is 13.4. The zero-order valence-electron chi connectivity index (χ0n) is 9.40. The summed E-state index contributed by atoms with van der Waals surface area (Å²) in [6.07, 6.45) is 11.3. The molecule has 0 spiro atoms. The molecule has 15 heavy (non-hydrogen) atoms. The third kappa shape index (κ3) is 7.50. The average Bonchev–Trinajstić information content (AvgIpc) is 2.26. The summed E-state index contributed by atoms with van der Waals surface area (Å²) in [5, 5.41) is 0. The fourth-order valence-corrected chi connectivity index (χ4v) is 0.842. The molecular formula is C13H18O2. The fraction of sp³-hybridized carbons (Fsp3) is 0.308. The summed E-state index contributed by atoms with van der Waals surface area (Å²) in [5.74, 6) is -0.303. The summed E-state index contributed by atoms with van der Waals surface area (Å²) in [7, 11) is 0. The van der Waals surface area contributed by atoms with Gasteiger partial charge in [-0.3, -0.25) is 0 Å². The molecule has 0 aromatic rings. The van der Waals surface area contributed by atoms with Crippen molar-refractivity contribution in [3.8, 4) is 0 Å². The van der Waals surface area contributed by atoms with Crippen molar-refractivity contribution < 1.29 is 9.53 Å². The van der Waals surface area contributed by atoms with Gasteiger partial charge in [-0.15, -0.1) is 0 Å². The Morgan fingerprint density at radius 3 is 2.60 bits per heavy atom. The third-order valence-corrected chi connectivity index (χ3v) is 1.62. The van der Waals surface area contributed by atoms with Crippen LogP contribution in [0.1, 0.15) is 20.3 Å². The van der Waals surface area contributed by atoms with Crippen LogP contribution in [0, 0.1) is 0 Å². The highest BCUT2D eigenvalue weighted by Crippen LogP contribution is 1.99. The minimum absolute atomic E-state index is 0.303. The first-order chi connectivity index (χ1) is 7.24. The Kier molecular flexibility index (Phi) is 8.06. The van der Waals surface area contributed by atoms with Crippen LogP contribution in [0.15, 0.2) is 48.6 Å². The van der Waals surface area contributed by atoms with E-state index in [1.54, 1.807) is 12.2 Å². The normalized spacial score (nSPS) is 12.3. The van der Waals surface area contributed by atoms with E-state index in [1.165, 1.54) is 6.08 Å². The molecule has 0 amide bonds. The van der Waals surface area contributed by atoms with E-state index in [-0.39, 0.29) is 5.97 Å². The summed E-state index contributed by atoms with van der Waals surface area (Å²) in [6.45, 7) is 7.91. The van der Waals surface area contributed by atoms with Gasteiger partial charge in [0, 0.05) is 6.08 Å². The molecule has 0 aromatic carbocycles. The SMILES string of the molecule is C=C\C=C/C(/C=C/C(=O)OCCC)=C\C. The van der Waals surface area contributed by atoms with E-state index in [0.29, 0.717) is 6.61 Å². The van der Waals surface area contributed by atoms with Gasteiger partial charge >= 0.3 is 5.97 Å². The minimum Gasteiger partial charge on any atom is -0.463 e. The quantitative estimate of drug-likeness (QED) is 0.379. The lowest BCUT2D eigenvalue weighted by Crippen LogP contribution is -2.00. The zero-order chi connectivity index (χ0) is 11.5. The highest BCUT2D eigenvalue weighted by Gasteiger charge is 1.94. The molecule has 0 rings (SSSR count). The summed E-state index contributed by atoms with van der Waals surface area (Å²) in [4.78, 5) is 11.1. The molecule has 0 radical (unpaired) electrons. The molecule has 0 unspecified atom stereocenters. The highest BCUT2D eigenvalue weighted by molar-refractivity contribution is 5.82. The molecule has 82 valence electrons. The van der Waals surface area contributed by atoms with Gasteiger partial charge < -0.3 is 4.74 Å². The van der Waals surface area contributed by atoms with Gasteiger partial charge in [-0.25, -0.2) is 4.79 Å². The molecular weight excluding hydrogens is 188 g/mol. The van der Waals surface area contributed by atoms with Crippen molar-refractivity contribution in [2.75, 3.05) is 6.61 Å². The molecule has 0 aliphatic carbocycles. The number of allylic oxidation sites excluding steroid dienone is 6. The Balaban J connectivity index is 4.17. The lowest BCUT2D eigenvalue weighted by atomic mass is 10.2. The maximum Gasteiger partial charge on any atom is 0.330 e. The number of esters is 1. The summed E-state index contributed by atoms with van der Waals surface area (Å²) in [5.41, 5.74) is 0.948. The molecule has 0 bridgehead atoms. The van der Waals surface area contributed by atoms with Crippen molar-refractivity contribution in [2.45, 2.75) is 20.3 Å². The molecule has 0 aromatic heterocycles. The van der Waals surface area contributed by atoms with Gasteiger partial charge in [-0.2, -0.15) is 0 Å². The van der Waals surface area contributed by atoms with Gasteiger partial charge in [-0.05, 0) is 25.0 Å². The lowest BCUT2D eigenvalue weighted by molar-refractivity contribution is -0.137. The summed E-state index contributed by atoms with van der Waals surface area (Å²) in [6, 6.07) is 0. The van der Waals surface area contributed by atoms with E-state index in [4.69, 9.17) is 4.74 Å². The van der Waals surface area contributed by atoms with Crippen molar-refractivity contribution in [1.29, 1.82) is 0 Å². The highest BCUT2D eigenvalue weighted by atomic mass is 16.5. The van der Waals surface area contributed by atoms with Crippen molar-refractivity contribution in [2.24, 2.45) is 0 Å². The fourth-order valence-electron chi connectivity index (χ4n) is 0.842. The van der Waals surface area contributed by atoms with Gasteiger partial charge in [0.25, 0.3) is 0 Å². The number of ether oxygens (including phenoxy) is 1. The monoisotopic (exact) mass is 206 g/mol. The number of hydrogen-bond donors (Lipinski definition) is 0. The number of rotatable bonds is 6. The van der Waals surface area contributed by atoms with E-state index in [0.717, 1.165) is 12.0 Å². The Labute approximate surface area is 91.6 Å². The molecule has 0 atom stereocenters. The molecule has 0 saturated carbocycles. The smallest absolute Gasteiger partial charge is 0.330 e. The van der Waals surface area contributed by atoms with Crippen LogP contribution in [0.4, 0.5) is 0 Å². The van der Waals surface area contributed by atoms with Gasteiger partial charge in [0.15, 0.2) is 0 Å². The largest absolute Gasteiger partial charge is 0.463 e. The second-order valence-electron chi connectivity index (χ2n) is 2.88. The van der Waals surface area contributed by atoms with E-state index in [2.05, 4.69) is 6.58 Å². The zero-order valence-corrected chi connectivity index (χ0v) is 9.40. The Morgan fingerprint density at radius 1 is 1.33 bits per heavy atom. The summed E-state index contributed by atoms with van der Waals surface area (Å²) < 4.78 is 4.89. The van der Waals surface area contributed by atoms with E-state index < -0.39 is 0 Å². The third-order valence-electron chi connectivity index (χ3n) is 1.62. The van der Waals surface area contributed by atoms with Gasteiger partial charge in [0.1, 0.15) is 0 Å². The van der Waals surface area contributed by atoms with Crippen LogP contribution in [-0.2, 0) is 9.53 Å². The molecule has 2 nitrogen and oxygen atoms in total. The van der Waals surface area contributed by atoms with E-state index >= 15 is 0 Å². The first-order valence-corrected chi connectivity index (χ1v) is 5.04. The van der Waals surface area contributed by atoms with Crippen LogP contribution in [-0.4, -0.2) is 12.6 Å². The molecule has 2 heteroatoms. The second kappa shape index (κ2) is 9.00. The Morgan fingerprint density at radius 2 is 2.07 bits per heavy atom. The van der Waals surface area contributed by atoms with Crippen LogP contribution in [0.3, 0.4) is 0 Å². The maximum absolute atomic E-state index is 11.1. The number of carbonyl (C=O) groups is 1.